The van der Waals surface area contributed by atoms with Crippen molar-refractivity contribution in [2.24, 2.45) is 0 Å². The SMILES string of the molecule is CC/C=C/c1cccc2[nH]c(=O)c3sccc3c12. The minimum Gasteiger partial charge on any atom is -0.321 e. The molecule has 0 spiro atoms. The minimum absolute atomic E-state index is 0.00382. The third-order valence-electron chi connectivity index (χ3n) is 3.02. The third-order valence-corrected chi connectivity index (χ3v) is 3.93. The molecule has 0 aliphatic carbocycles. The van der Waals surface area contributed by atoms with E-state index in [9.17, 15) is 4.79 Å². The summed E-state index contributed by atoms with van der Waals surface area (Å²) in [4.78, 5) is 14.9. The molecular weight excluding hydrogens is 242 g/mol. The molecule has 0 unspecified atom stereocenters. The van der Waals surface area contributed by atoms with Crippen molar-refractivity contribution in [1.82, 2.24) is 4.98 Å². The van der Waals surface area contributed by atoms with Gasteiger partial charge in [0.25, 0.3) is 5.56 Å². The van der Waals surface area contributed by atoms with Crippen LogP contribution in [0.2, 0.25) is 0 Å². The number of aromatic amines is 1. The van der Waals surface area contributed by atoms with Gasteiger partial charge >= 0.3 is 0 Å². The highest BCUT2D eigenvalue weighted by atomic mass is 32.1. The van der Waals surface area contributed by atoms with Crippen LogP contribution in [0.25, 0.3) is 27.1 Å². The van der Waals surface area contributed by atoms with Gasteiger partial charge in [0.15, 0.2) is 0 Å². The topological polar surface area (TPSA) is 32.9 Å². The number of nitrogens with one attached hydrogen (secondary N) is 1. The molecule has 0 bridgehead atoms. The van der Waals surface area contributed by atoms with E-state index in [2.05, 4.69) is 30.1 Å². The number of rotatable bonds is 2. The largest absolute Gasteiger partial charge is 0.321 e. The van der Waals surface area contributed by atoms with Gasteiger partial charge in [0, 0.05) is 16.3 Å². The number of fused-ring (bicyclic) bond motifs is 3. The maximum absolute atomic E-state index is 11.9. The lowest BCUT2D eigenvalue weighted by atomic mass is 10.0. The lowest BCUT2D eigenvalue weighted by Crippen LogP contribution is -2.04. The lowest BCUT2D eigenvalue weighted by molar-refractivity contribution is 1.23. The van der Waals surface area contributed by atoms with Gasteiger partial charge in [-0.3, -0.25) is 4.79 Å². The van der Waals surface area contributed by atoms with Crippen LogP contribution in [0.1, 0.15) is 18.9 Å². The summed E-state index contributed by atoms with van der Waals surface area (Å²) in [6, 6.07) is 8.05. The van der Waals surface area contributed by atoms with Crippen LogP contribution in [-0.2, 0) is 0 Å². The number of H-pyrrole nitrogens is 1. The highest BCUT2D eigenvalue weighted by Crippen LogP contribution is 2.28. The number of hydrogen-bond acceptors (Lipinski definition) is 2. The van der Waals surface area contributed by atoms with Crippen LogP contribution in [-0.4, -0.2) is 4.98 Å². The summed E-state index contributed by atoms with van der Waals surface area (Å²) in [5.41, 5.74) is 2.07. The highest BCUT2D eigenvalue weighted by molar-refractivity contribution is 7.17. The first kappa shape index (κ1) is 11.2. The lowest BCUT2D eigenvalue weighted by Gasteiger charge is -2.04. The predicted octanol–water partition coefficient (Wildman–Crippen LogP) is 4.17. The number of thiophene rings is 1. The van der Waals surface area contributed by atoms with Crippen LogP contribution in [0, 0.1) is 0 Å². The van der Waals surface area contributed by atoms with E-state index in [0.717, 1.165) is 33.0 Å². The van der Waals surface area contributed by atoms with E-state index in [0.29, 0.717) is 0 Å². The van der Waals surface area contributed by atoms with E-state index in [1.54, 1.807) is 0 Å². The van der Waals surface area contributed by atoms with Gasteiger partial charge in [-0.2, -0.15) is 0 Å². The van der Waals surface area contributed by atoms with E-state index in [1.165, 1.54) is 11.3 Å². The number of allylic oxidation sites excluding steroid dienone is 1. The Hall–Kier alpha value is -1.87. The van der Waals surface area contributed by atoms with Crippen molar-refractivity contribution in [3.05, 3.63) is 51.6 Å². The maximum Gasteiger partial charge on any atom is 0.266 e. The average Bonchev–Trinajstić information content (AvgIpc) is 2.86. The second-order valence-corrected chi connectivity index (χ2v) is 5.11. The van der Waals surface area contributed by atoms with Crippen LogP contribution in [0.15, 0.2) is 40.5 Å². The summed E-state index contributed by atoms with van der Waals surface area (Å²) in [5.74, 6) is 0. The first-order valence-corrected chi connectivity index (χ1v) is 6.88. The molecule has 90 valence electrons. The molecule has 0 saturated heterocycles. The van der Waals surface area contributed by atoms with Gasteiger partial charge in [0.05, 0.1) is 0 Å². The molecule has 2 aromatic heterocycles. The quantitative estimate of drug-likeness (QED) is 0.732. The molecule has 0 atom stereocenters. The molecule has 2 nitrogen and oxygen atoms in total. The van der Waals surface area contributed by atoms with Crippen molar-refractivity contribution >= 4 is 38.4 Å². The van der Waals surface area contributed by atoms with Crippen molar-refractivity contribution < 1.29 is 0 Å². The molecule has 0 aliphatic rings. The Morgan fingerprint density at radius 2 is 2.22 bits per heavy atom. The molecule has 3 heteroatoms. The molecule has 0 radical (unpaired) electrons. The Morgan fingerprint density at radius 3 is 3.06 bits per heavy atom. The zero-order valence-electron chi connectivity index (χ0n) is 10.1. The molecule has 18 heavy (non-hydrogen) atoms. The fourth-order valence-electron chi connectivity index (χ4n) is 2.22. The second kappa shape index (κ2) is 4.42. The Kier molecular flexibility index (Phi) is 2.76. The molecule has 3 aromatic rings. The summed E-state index contributed by atoms with van der Waals surface area (Å²) in [7, 11) is 0. The monoisotopic (exact) mass is 255 g/mol. The first-order chi connectivity index (χ1) is 8.81. The summed E-state index contributed by atoms with van der Waals surface area (Å²) in [6.07, 6.45) is 5.27. The molecule has 1 N–H and O–H groups in total. The van der Waals surface area contributed by atoms with Gasteiger partial charge in [0.2, 0.25) is 0 Å². The number of benzene rings is 1. The van der Waals surface area contributed by atoms with E-state index in [-0.39, 0.29) is 5.56 Å². The summed E-state index contributed by atoms with van der Waals surface area (Å²) >= 11 is 1.49. The number of hydrogen-bond donors (Lipinski definition) is 1. The van der Waals surface area contributed by atoms with Crippen molar-refractivity contribution in [3.63, 3.8) is 0 Å². The summed E-state index contributed by atoms with van der Waals surface area (Å²) in [5, 5.41) is 4.16. The Bertz CT molecular complexity index is 795. The van der Waals surface area contributed by atoms with Crippen LogP contribution < -0.4 is 5.56 Å². The predicted molar refractivity (Wildman–Crippen MR) is 79.3 cm³/mol. The Balaban J connectivity index is 2.48. The van der Waals surface area contributed by atoms with Crippen LogP contribution in [0.4, 0.5) is 0 Å². The van der Waals surface area contributed by atoms with Gasteiger partial charge in [-0.15, -0.1) is 11.3 Å². The van der Waals surface area contributed by atoms with Gasteiger partial charge in [-0.05, 0) is 29.5 Å². The van der Waals surface area contributed by atoms with E-state index < -0.39 is 0 Å². The van der Waals surface area contributed by atoms with E-state index in [4.69, 9.17) is 0 Å². The molecule has 0 saturated carbocycles. The minimum atomic E-state index is 0.00382. The maximum atomic E-state index is 11.9. The molecule has 0 aliphatic heterocycles. The van der Waals surface area contributed by atoms with E-state index in [1.807, 2.05) is 23.6 Å². The van der Waals surface area contributed by atoms with Gasteiger partial charge in [0.1, 0.15) is 4.70 Å². The fraction of sp³-hybridized carbons (Fsp3) is 0.133. The van der Waals surface area contributed by atoms with Crippen LogP contribution in [0.5, 0.6) is 0 Å². The van der Waals surface area contributed by atoms with Gasteiger partial charge in [-0.1, -0.05) is 31.2 Å². The number of aromatic nitrogens is 1. The Morgan fingerprint density at radius 1 is 1.33 bits per heavy atom. The number of pyridine rings is 1. The van der Waals surface area contributed by atoms with Crippen molar-refractivity contribution in [2.45, 2.75) is 13.3 Å². The summed E-state index contributed by atoms with van der Waals surface area (Å²) in [6.45, 7) is 2.11. The molecule has 1 aromatic carbocycles. The van der Waals surface area contributed by atoms with Crippen LogP contribution >= 0.6 is 11.3 Å². The van der Waals surface area contributed by atoms with Crippen LogP contribution in [0.3, 0.4) is 0 Å². The zero-order chi connectivity index (χ0) is 12.5. The van der Waals surface area contributed by atoms with Gasteiger partial charge < -0.3 is 4.98 Å². The fourth-order valence-corrected chi connectivity index (χ4v) is 3.02. The second-order valence-electron chi connectivity index (χ2n) is 4.20. The summed E-state index contributed by atoms with van der Waals surface area (Å²) < 4.78 is 0.805. The smallest absolute Gasteiger partial charge is 0.266 e. The first-order valence-electron chi connectivity index (χ1n) is 6.00. The normalized spacial score (nSPS) is 11.8. The average molecular weight is 255 g/mol. The van der Waals surface area contributed by atoms with Gasteiger partial charge in [-0.25, -0.2) is 0 Å². The van der Waals surface area contributed by atoms with E-state index >= 15 is 0 Å². The molecular formula is C15H13NOS. The molecule has 2 heterocycles. The third kappa shape index (κ3) is 1.68. The highest BCUT2D eigenvalue weighted by Gasteiger charge is 2.08. The van der Waals surface area contributed by atoms with Crippen molar-refractivity contribution in [3.8, 4) is 0 Å². The zero-order valence-corrected chi connectivity index (χ0v) is 10.9. The van der Waals surface area contributed by atoms with Crippen molar-refractivity contribution in [2.75, 3.05) is 0 Å². The molecule has 0 fully saturated rings. The van der Waals surface area contributed by atoms with Crippen molar-refractivity contribution in [1.29, 1.82) is 0 Å². The molecule has 0 amide bonds. The molecule has 3 rings (SSSR count). The Labute approximate surface area is 109 Å². The standard InChI is InChI=1S/C15H13NOS/c1-2-3-5-10-6-4-7-12-13(10)11-8-9-18-14(11)15(17)16-12/h3-9H,2H2,1H3,(H,16,17)/b5-3+.